The Kier molecular flexibility index (Phi) is 3.74. The SMILES string of the molecule is CC1=C(OC(C)(C)C)N=C(C(=O)O)C(N)C1=C=O. The Bertz CT molecular complexity index is 491. The first-order valence-electron chi connectivity index (χ1n) is 5.40. The number of nitrogens with zero attached hydrogens (tertiary/aromatic N) is 1. The number of ether oxygens (including phenoxy) is 1. The Hall–Kier alpha value is -1.91. The van der Waals surface area contributed by atoms with Gasteiger partial charge in [-0.25, -0.2) is 14.6 Å². The Balaban J connectivity index is 3.33. The Morgan fingerprint density at radius 3 is 2.44 bits per heavy atom. The zero-order chi connectivity index (χ0) is 14.1. The average molecular weight is 252 g/mol. The first kappa shape index (κ1) is 14.2. The van der Waals surface area contributed by atoms with E-state index in [0.717, 1.165) is 0 Å². The van der Waals surface area contributed by atoms with Gasteiger partial charge in [0.25, 0.3) is 0 Å². The predicted molar refractivity (Wildman–Crippen MR) is 65.8 cm³/mol. The number of hydrogen-bond acceptors (Lipinski definition) is 5. The predicted octanol–water partition coefficient (Wildman–Crippen LogP) is 0.657. The van der Waals surface area contributed by atoms with Gasteiger partial charge in [0, 0.05) is 5.57 Å². The monoisotopic (exact) mass is 252 g/mol. The fraction of sp³-hybridized carbons (Fsp3) is 0.500. The molecule has 1 aliphatic rings. The Morgan fingerprint density at radius 1 is 1.50 bits per heavy atom. The van der Waals surface area contributed by atoms with E-state index in [4.69, 9.17) is 15.6 Å². The molecule has 6 heteroatoms. The van der Waals surface area contributed by atoms with Crippen LogP contribution in [0.2, 0.25) is 0 Å². The van der Waals surface area contributed by atoms with Gasteiger partial charge in [-0.15, -0.1) is 0 Å². The van der Waals surface area contributed by atoms with Gasteiger partial charge in [0.05, 0.1) is 11.6 Å². The summed E-state index contributed by atoms with van der Waals surface area (Å²) >= 11 is 0. The highest BCUT2D eigenvalue weighted by molar-refractivity contribution is 6.39. The van der Waals surface area contributed by atoms with Gasteiger partial charge in [-0.05, 0) is 27.7 Å². The standard InChI is InChI=1S/C12H16N2O4/c1-6-7(5-15)8(13)9(11(16)17)14-10(6)18-12(2,3)4/h8H,13H2,1-4H3,(H,16,17). The molecule has 0 aromatic heterocycles. The first-order chi connectivity index (χ1) is 8.17. The molecule has 0 fully saturated rings. The van der Waals surface area contributed by atoms with Gasteiger partial charge in [0.2, 0.25) is 5.88 Å². The molecule has 1 unspecified atom stereocenters. The summed E-state index contributed by atoms with van der Waals surface area (Å²) in [7, 11) is 0. The van der Waals surface area contributed by atoms with Crippen LogP contribution in [0.25, 0.3) is 0 Å². The van der Waals surface area contributed by atoms with Crippen molar-refractivity contribution in [2.45, 2.75) is 39.3 Å². The van der Waals surface area contributed by atoms with E-state index in [1.54, 1.807) is 33.6 Å². The van der Waals surface area contributed by atoms with E-state index in [2.05, 4.69) is 4.99 Å². The molecule has 0 saturated heterocycles. The van der Waals surface area contributed by atoms with Crippen LogP contribution in [-0.4, -0.2) is 34.4 Å². The molecule has 3 N–H and O–H groups in total. The normalized spacial score (nSPS) is 20.4. The van der Waals surface area contributed by atoms with Crippen LogP contribution in [0.5, 0.6) is 0 Å². The molecule has 0 saturated carbocycles. The summed E-state index contributed by atoms with van der Waals surface area (Å²) < 4.78 is 5.53. The molecule has 0 amide bonds. The van der Waals surface area contributed by atoms with Crippen LogP contribution in [0.15, 0.2) is 22.0 Å². The van der Waals surface area contributed by atoms with Crippen LogP contribution >= 0.6 is 0 Å². The lowest BCUT2D eigenvalue weighted by atomic mass is 9.95. The maximum atomic E-state index is 11.0. The van der Waals surface area contributed by atoms with E-state index < -0.39 is 17.6 Å². The first-order valence-corrected chi connectivity index (χ1v) is 5.40. The van der Waals surface area contributed by atoms with Crippen molar-refractivity contribution in [2.75, 3.05) is 0 Å². The number of nitrogens with two attached hydrogens (primary N) is 1. The summed E-state index contributed by atoms with van der Waals surface area (Å²) in [5.74, 6) is 0.481. The number of carbonyl (C=O) groups excluding carboxylic acids is 1. The third kappa shape index (κ3) is 2.85. The van der Waals surface area contributed by atoms with Crippen LogP contribution in [0.3, 0.4) is 0 Å². The highest BCUT2D eigenvalue weighted by Crippen LogP contribution is 2.26. The van der Waals surface area contributed by atoms with Gasteiger partial charge in [-0.3, -0.25) is 0 Å². The van der Waals surface area contributed by atoms with Crippen molar-refractivity contribution in [1.82, 2.24) is 0 Å². The van der Waals surface area contributed by atoms with Crippen LogP contribution in [-0.2, 0) is 14.3 Å². The van der Waals surface area contributed by atoms with Gasteiger partial charge in [0.15, 0.2) is 5.71 Å². The van der Waals surface area contributed by atoms with E-state index >= 15 is 0 Å². The second-order valence-electron chi connectivity index (χ2n) is 4.94. The van der Waals surface area contributed by atoms with Crippen LogP contribution in [0.4, 0.5) is 0 Å². The minimum absolute atomic E-state index is 0.0571. The molecular weight excluding hydrogens is 236 g/mol. The third-order valence-electron chi connectivity index (χ3n) is 2.28. The largest absolute Gasteiger partial charge is 0.477 e. The van der Waals surface area contributed by atoms with Crippen LogP contribution < -0.4 is 5.73 Å². The van der Waals surface area contributed by atoms with Gasteiger partial charge in [-0.2, -0.15) is 0 Å². The molecule has 0 spiro atoms. The molecule has 0 bridgehead atoms. The van der Waals surface area contributed by atoms with Gasteiger partial charge in [0.1, 0.15) is 11.5 Å². The van der Waals surface area contributed by atoms with Crippen molar-refractivity contribution < 1.29 is 19.4 Å². The van der Waals surface area contributed by atoms with Crippen LogP contribution in [0, 0.1) is 0 Å². The molecule has 1 aliphatic heterocycles. The smallest absolute Gasteiger partial charge is 0.352 e. The number of aliphatic imine (C=N–C) groups is 1. The minimum Gasteiger partial charge on any atom is -0.477 e. The van der Waals surface area contributed by atoms with Gasteiger partial charge < -0.3 is 15.6 Å². The second kappa shape index (κ2) is 4.76. The highest BCUT2D eigenvalue weighted by Gasteiger charge is 2.32. The van der Waals surface area contributed by atoms with Gasteiger partial charge in [-0.1, -0.05) is 0 Å². The van der Waals surface area contributed by atoms with E-state index in [9.17, 15) is 9.59 Å². The second-order valence-corrected chi connectivity index (χ2v) is 4.94. The fourth-order valence-corrected chi connectivity index (χ4v) is 1.46. The summed E-state index contributed by atoms with van der Waals surface area (Å²) in [5.41, 5.74) is 5.24. The molecule has 1 atom stereocenters. The molecular formula is C12H16N2O4. The lowest BCUT2D eigenvalue weighted by Gasteiger charge is -2.27. The summed E-state index contributed by atoms with van der Waals surface area (Å²) in [6.45, 7) is 6.98. The van der Waals surface area contributed by atoms with E-state index in [0.29, 0.717) is 5.57 Å². The van der Waals surface area contributed by atoms with Crippen molar-refractivity contribution in [3.05, 3.63) is 17.0 Å². The highest BCUT2D eigenvalue weighted by atomic mass is 16.5. The van der Waals surface area contributed by atoms with E-state index in [1.165, 1.54) is 0 Å². The fourth-order valence-electron chi connectivity index (χ4n) is 1.46. The minimum atomic E-state index is -1.28. The maximum absolute atomic E-state index is 11.0. The molecule has 1 rings (SSSR count). The van der Waals surface area contributed by atoms with E-state index in [-0.39, 0.29) is 17.2 Å². The quantitative estimate of drug-likeness (QED) is 0.703. The number of hydrogen-bond donors (Lipinski definition) is 2. The zero-order valence-corrected chi connectivity index (χ0v) is 10.8. The van der Waals surface area contributed by atoms with Crippen LogP contribution in [0.1, 0.15) is 27.7 Å². The van der Waals surface area contributed by atoms with Crippen molar-refractivity contribution >= 4 is 17.6 Å². The molecule has 6 nitrogen and oxygen atoms in total. The van der Waals surface area contributed by atoms with Crippen molar-refractivity contribution in [2.24, 2.45) is 10.7 Å². The Morgan fingerprint density at radius 2 is 2.06 bits per heavy atom. The Labute approximate surface area is 105 Å². The molecule has 0 aliphatic carbocycles. The molecule has 1 heterocycles. The molecule has 98 valence electrons. The summed E-state index contributed by atoms with van der Waals surface area (Å²) in [4.78, 5) is 25.8. The number of carboxylic acid groups (broad SMARTS) is 1. The van der Waals surface area contributed by atoms with Gasteiger partial charge >= 0.3 is 5.97 Å². The summed E-state index contributed by atoms with van der Waals surface area (Å²) in [6, 6.07) is -1.08. The van der Waals surface area contributed by atoms with Crippen molar-refractivity contribution in [3.8, 4) is 0 Å². The number of rotatable bonds is 2. The number of carbonyl (C=O) groups is 1. The molecule has 0 aromatic carbocycles. The topological polar surface area (TPSA) is 102 Å². The summed E-state index contributed by atoms with van der Waals surface area (Å²) in [6.07, 6.45) is 0. The number of carboxylic acids is 1. The third-order valence-corrected chi connectivity index (χ3v) is 2.28. The average Bonchev–Trinajstić information content (AvgIpc) is 2.20. The molecule has 18 heavy (non-hydrogen) atoms. The number of aliphatic carboxylic acids is 1. The zero-order valence-electron chi connectivity index (χ0n) is 10.8. The van der Waals surface area contributed by atoms with Crippen molar-refractivity contribution in [3.63, 3.8) is 0 Å². The van der Waals surface area contributed by atoms with E-state index in [1.807, 2.05) is 0 Å². The maximum Gasteiger partial charge on any atom is 0.352 e. The lowest BCUT2D eigenvalue weighted by molar-refractivity contribution is -0.129. The van der Waals surface area contributed by atoms with Crippen molar-refractivity contribution in [1.29, 1.82) is 0 Å². The lowest BCUT2D eigenvalue weighted by Crippen LogP contribution is -2.41. The molecule has 0 radical (unpaired) electrons. The molecule has 0 aromatic rings. The summed E-state index contributed by atoms with van der Waals surface area (Å²) in [5, 5.41) is 8.99.